The Morgan fingerprint density at radius 2 is 2.50 bits per heavy atom. The van der Waals surface area contributed by atoms with Crippen molar-refractivity contribution in [1.82, 2.24) is 4.90 Å². The average Bonchev–Trinajstić information content (AvgIpc) is 2.46. The lowest BCUT2D eigenvalue weighted by Gasteiger charge is -2.20. The third kappa shape index (κ3) is 1.07. The van der Waals surface area contributed by atoms with Gasteiger partial charge >= 0.3 is 0 Å². The van der Waals surface area contributed by atoms with E-state index in [2.05, 4.69) is 27.0 Å². The van der Waals surface area contributed by atoms with E-state index in [1.165, 1.54) is 0 Å². The number of nitrogens with zero attached hydrogens (tertiary/aromatic N) is 3. The molecule has 3 nitrogen and oxygen atoms in total. The van der Waals surface area contributed by atoms with Gasteiger partial charge in [-0.15, -0.1) is 0 Å². The van der Waals surface area contributed by atoms with E-state index in [9.17, 15) is 0 Å². The normalized spacial score (nSPS) is 26.0. The van der Waals surface area contributed by atoms with Crippen molar-refractivity contribution in [3.05, 3.63) is 22.8 Å². The van der Waals surface area contributed by atoms with Gasteiger partial charge in [-0.1, -0.05) is 0 Å². The average molecular weight is 224 g/mol. The summed E-state index contributed by atoms with van der Waals surface area (Å²) in [5.41, 5.74) is 0. The van der Waals surface area contributed by atoms with Gasteiger partial charge in [0.25, 0.3) is 0 Å². The molecule has 12 heavy (non-hydrogen) atoms. The molecule has 60 valence electrons. The summed E-state index contributed by atoms with van der Waals surface area (Å²) in [5.74, 6) is 0.879. The third-order valence-electron chi connectivity index (χ3n) is 1.83. The number of hydrogen-bond acceptors (Lipinski definition) is 3. The second-order valence-corrected chi connectivity index (χ2v) is 3.51. The summed E-state index contributed by atoms with van der Waals surface area (Å²) in [4.78, 5) is 6.09. The summed E-state index contributed by atoms with van der Waals surface area (Å²) < 4.78 is 0.976. The van der Waals surface area contributed by atoms with Gasteiger partial charge in [0.15, 0.2) is 0 Å². The Kier molecular flexibility index (Phi) is 1.74. The molecule has 0 N–H and O–H groups in total. The Morgan fingerprint density at radius 3 is 3.25 bits per heavy atom. The minimum absolute atomic E-state index is 0.127. The number of aliphatic imine (C=N–C) groups is 1. The highest BCUT2D eigenvalue weighted by atomic mass is 79.9. The van der Waals surface area contributed by atoms with Crippen molar-refractivity contribution < 1.29 is 0 Å². The molecule has 1 unspecified atom stereocenters. The number of amidine groups is 1. The molecule has 0 spiro atoms. The molecule has 2 heterocycles. The van der Waals surface area contributed by atoms with Crippen LogP contribution in [-0.4, -0.2) is 23.3 Å². The van der Waals surface area contributed by atoms with E-state index in [1.807, 2.05) is 23.3 Å². The minimum atomic E-state index is -0.127. The van der Waals surface area contributed by atoms with Gasteiger partial charge in [-0.25, -0.2) is 0 Å². The zero-order chi connectivity index (χ0) is 8.55. The van der Waals surface area contributed by atoms with Crippen LogP contribution in [0.25, 0.3) is 0 Å². The molecule has 2 rings (SSSR count). The van der Waals surface area contributed by atoms with E-state index in [-0.39, 0.29) is 6.04 Å². The Hall–Kier alpha value is -1.08. The molecule has 0 saturated carbocycles. The quantitative estimate of drug-likeness (QED) is 0.623. The van der Waals surface area contributed by atoms with Gasteiger partial charge in [0, 0.05) is 10.7 Å². The standard InChI is InChI=1S/C8H6BrN3/c9-6-1-2-8-11-4-7(3-10)12(8)5-6/h1-2,5,7H,4H2. The Morgan fingerprint density at radius 1 is 1.67 bits per heavy atom. The molecule has 0 fully saturated rings. The van der Waals surface area contributed by atoms with Crippen LogP contribution < -0.4 is 0 Å². The lowest BCUT2D eigenvalue weighted by Crippen LogP contribution is -2.31. The first-order chi connectivity index (χ1) is 5.81. The highest BCUT2D eigenvalue weighted by molar-refractivity contribution is 9.11. The Labute approximate surface area is 78.8 Å². The van der Waals surface area contributed by atoms with Crippen LogP contribution in [-0.2, 0) is 0 Å². The van der Waals surface area contributed by atoms with Crippen LogP contribution in [0, 0.1) is 11.3 Å². The summed E-state index contributed by atoms with van der Waals surface area (Å²) in [6, 6.07) is 2.07. The number of halogens is 1. The summed E-state index contributed by atoms with van der Waals surface area (Å²) in [7, 11) is 0. The van der Waals surface area contributed by atoms with Gasteiger partial charge in [-0.3, -0.25) is 4.99 Å². The van der Waals surface area contributed by atoms with Gasteiger partial charge in [0.1, 0.15) is 11.9 Å². The van der Waals surface area contributed by atoms with Crippen LogP contribution in [0.5, 0.6) is 0 Å². The fourth-order valence-corrected chi connectivity index (χ4v) is 1.59. The molecule has 0 radical (unpaired) electrons. The molecule has 0 bridgehead atoms. The second-order valence-electron chi connectivity index (χ2n) is 2.60. The van der Waals surface area contributed by atoms with Crippen molar-refractivity contribution in [2.75, 3.05) is 6.54 Å². The minimum Gasteiger partial charge on any atom is -0.314 e. The number of nitriles is 1. The molecule has 0 aromatic rings. The third-order valence-corrected chi connectivity index (χ3v) is 2.30. The van der Waals surface area contributed by atoms with Crippen molar-refractivity contribution in [2.24, 2.45) is 4.99 Å². The van der Waals surface area contributed by atoms with Crippen LogP contribution in [0.4, 0.5) is 0 Å². The smallest absolute Gasteiger partial charge is 0.141 e. The van der Waals surface area contributed by atoms with Crippen LogP contribution in [0.1, 0.15) is 0 Å². The maximum Gasteiger partial charge on any atom is 0.141 e. The molecule has 2 aliphatic heterocycles. The Bertz CT molecular complexity index is 335. The largest absolute Gasteiger partial charge is 0.314 e. The molecular weight excluding hydrogens is 218 g/mol. The van der Waals surface area contributed by atoms with E-state index in [4.69, 9.17) is 5.26 Å². The SMILES string of the molecule is N#CC1CN=C2C=CC(Br)=CN21. The fourth-order valence-electron chi connectivity index (χ4n) is 1.24. The molecule has 0 aromatic carbocycles. The number of hydrogen-bond donors (Lipinski definition) is 0. The first kappa shape index (κ1) is 7.56. The van der Waals surface area contributed by atoms with E-state index in [0.29, 0.717) is 6.54 Å². The summed E-state index contributed by atoms with van der Waals surface area (Å²) in [6.07, 6.45) is 5.72. The molecule has 0 aromatic heterocycles. The predicted molar refractivity (Wildman–Crippen MR) is 49.7 cm³/mol. The first-order valence-electron chi connectivity index (χ1n) is 3.59. The van der Waals surface area contributed by atoms with E-state index in [1.54, 1.807) is 0 Å². The zero-order valence-electron chi connectivity index (χ0n) is 6.24. The molecule has 4 heteroatoms. The van der Waals surface area contributed by atoms with Crippen molar-refractivity contribution in [1.29, 1.82) is 5.26 Å². The highest BCUT2D eigenvalue weighted by Gasteiger charge is 2.25. The van der Waals surface area contributed by atoms with Gasteiger partial charge < -0.3 is 4.90 Å². The van der Waals surface area contributed by atoms with Crippen molar-refractivity contribution >= 4 is 21.8 Å². The summed E-state index contributed by atoms with van der Waals surface area (Å²) >= 11 is 3.35. The van der Waals surface area contributed by atoms with Gasteiger partial charge in [0.2, 0.25) is 0 Å². The van der Waals surface area contributed by atoms with Gasteiger partial charge in [-0.05, 0) is 28.1 Å². The topological polar surface area (TPSA) is 39.4 Å². The second kappa shape index (κ2) is 2.76. The molecular formula is C8H6BrN3. The number of fused-ring (bicyclic) bond motifs is 1. The number of rotatable bonds is 0. The Balaban J connectivity index is 2.32. The predicted octanol–water partition coefficient (Wildman–Crippen LogP) is 1.40. The van der Waals surface area contributed by atoms with E-state index < -0.39 is 0 Å². The molecule has 2 aliphatic rings. The molecule has 0 aliphatic carbocycles. The van der Waals surface area contributed by atoms with E-state index >= 15 is 0 Å². The maximum absolute atomic E-state index is 8.76. The monoisotopic (exact) mass is 223 g/mol. The fraction of sp³-hybridized carbons (Fsp3) is 0.250. The van der Waals surface area contributed by atoms with Crippen LogP contribution in [0.2, 0.25) is 0 Å². The summed E-state index contributed by atoms with van der Waals surface area (Å²) in [5, 5.41) is 8.76. The molecule has 0 saturated heterocycles. The number of allylic oxidation sites excluding steroid dienone is 2. The maximum atomic E-state index is 8.76. The molecule has 0 amide bonds. The van der Waals surface area contributed by atoms with Crippen LogP contribution in [0.3, 0.4) is 0 Å². The lowest BCUT2D eigenvalue weighted by atomic mass is 10.2. The van der Waals surface area contributed by atoms with Crippen LogP contribution >= 0.6 is 15.9 Å². The van der Waals surface area contributed by atoms with Crippen molar-refractivity contribution in [3.8, 4) is 6.07 Å². The van der Waals surface area contributed by atoms with E-state index in [0.717, 1.165) is 10.3 Å². The lowest BCUT2D eigenvalue weighted by molar-refractivity contribution is 0.523. The van der Waals surface area contributed by atoms with Crippen molar-refractivity contribution in [3.63, 3.8) is 0 Å². The highest BCUT2D eigenvalue weighted by Crippen LogP contribution is 2.20. The molecule has 1 atom stereocenters. The summed E-state index contributed by atoms with van der Waals surface area (Å²) in [6.45, 7) is 0.576. The van der Waals surface area contributed by atoms with Crippen LogP contribution in [0.15, 0.2) is 27.8 Å². The van der Waals surface area contributed by atoms with Crippen molar-refractivity contribution in [2.45, 2.75) is 6.04 Å². The van der Waals surface area contributed by atoms with Gasteiger partial charge in [-0.2, -0.15) is 5.26 Å². The van der Waals surface area contributed by atoms with Gasteiger partial charge in [0.05, 0.1) is 12.6 Å². The zero-order valence-corrected chi connectivity index (χ0v) is 7.82. The first-order valence-corrected chi connectivity index (χ1v) is 4.38.